The van der Waals surface area contributed by atoms with E-state index in [2.05, 4.69) is 5.32 Å². The smallest absolute Gasteiger partial charge is 0.416 e. The topological polar surface area (TPSA) is 116 Å². The van der Waals surface area contributed by atoms with Crippen molar-refractivity contribution in [1.82, 2.24) is 0 Å². The zero-order valence-corrected chi connectivity index (χ0v) is 14.4. The first-order valence-corrected chi connectivity index (χ1v) is 7.81. The lowest BCUT2D eigenvalue weighted by Gasteiger charge is -2.17. The molecule has 0 bridgehead atoms. The second kappa shape index (κ2) is 7.99. The summed E-state index contributed by atoms with van der Waals surface area (Å²) >= 11 is 0. The highest BCUT2D eigenvalue weighted by Gasteiger charge is 2.33. The molecule has 2 rings (SSSR count). The van der Waals surface area contributed by atoms with Gasteiger partial charge in [0.15, 0.2) is 5.78 Å². The number of Topliss-reactive ketones (excluding diaryl/α,β-unsaturated/α-hetero) is 1. The van der Waals surface area contributed by atoms with Crippen molar-refractivity contribution in [2.45, 2.75) is 19.5 Å². The van der Waals surface area contributed by atoms with Crippen LogP contribution in [0, 0.1) is 6.92 Å². The van der Waals surface area contributed by atoms with Gasteiger partial charge in [0.05, 0.1) is 23.4 Å². The van der Waals surface area contributed by atoms with Crippen LogP contribution in [0.4, 0.5) is 29.3 Å². The molecule has 2 aromatic rings. The lowest BCUT2D eigenvalue weighted by Crippen LogP contribution is -2.20. The van der Waals surface area contributed by atoms with Crippen molar-refractivity contribution in [3.63, 3.8) is 0 Å². The summed E-state index contributed by atoms with van der Waals surface area (Å²) < 4.78 is 39.3. The molecule has 0 aliphatic heterocycles. The van der Waals surface area contributed by atoms with Crippen LogP contribution in [0.2, 0.25) is 0 Å². The van der Waals surface area contributed by atoms with Gasteiger partial charge in [-0.05, 0) is 36.8 Å². The predicted octanol–water partition coefficient (Wildman–Crippen LogP) is 4.02. The van der Waals surface area contributed by atoms with Crippen molar-refractivity contribution in [3.8, 4) is 5.75 Å². The van der Waals surface area contributed by atoms with Crippen molar-refractivity contribution in [2.24, 2.45) is 0 Å². The summed E-state index contributed by atoms with van der Waals surface area (Å²) in [7, 11) is 0. The van der Waals surface area contributed by atoms with Crippen LogP contribution >= 0.6 is 0 Å². The van der Waals surface area contributed by atoms with Crippen LogP contribution in [0.15, 0.2) is 36.4 Å². The van der Waals surface area contributed by atoms with Gasteiger partial charge in [0.1, 0.15) is 5.75 Å². The van der Waals surface area contributed by atoms with Crippen molar-refractivity contribution >= 4 is 29.2 Å². The molecule has 2 amide bonds. The molecule has 0 spiro atoms. The summed E-state index contributed by atoms with van der Waals surface area (Å²) in [5.41, 5.74) is -1.97. The number of hydrogen-bond donors (Lipinski definition) is 4. The minimum absolute atomic E-state index is 0.0407. The molecule has 0 fully saturated rings. The number of aromatic hydroxyl groups is 1. The fourth-order valence-electron chi connectivity index (χ4n) is 2.46. The first kappa shape index (κ1) is 20.7. The average molecular weight is 396 g/mol. The Bertz CT molecular complexity index is 941. The standard InChI is InChI=1S/C18H15F3N2O5/c1-9-5-13(23-17(27)28)14(7-12(9)18(19,20)21)22-16(26)8-15(25)10-3-2-4-11(24)6-10/h2-7,23-24H,8H2,1H3,(H,22,26)(H,27,28). The fourth-order valence-corrected chi connectivity index (χ4v) is 2.46. The van der Waals surface area contributed by atoms with Gasteiger partial charge in [-0.3, -0.25) is 14.9 Å². The molecular formula is C18H15F3N2O5. The molecule has 0 aromatic heterocycles. The van der Waals surface area contributed by atoms with E-state index in [1.165, 1.54) is 18.2 Å². The van der Waals surface area contributed by atoms with E-state index >= 15 is 0 Å². The highest BCUT2D eigenvalue weighted by molar-refractivity contribution is 6.12. The van der Waals surface area contributed by atoms with Gasteiger partial charge in [-0.15, -0.1) is 0 Å². The van der Waals surface area contributed by atoms with Crippen LogP contribution in [-0.4, -0.2) is 28.0 Å². The van der Waals surface area contributed by atoms with Crippen molar-refractivity contribution < 1.29 is 37.8 Å². The summed E-state index contributed by atoms with van der Waals surface area (Å²) in [4.78, 5) is 35.1. The Morgan fingerprint density at radius 2 is 1.68 bits per heavy atom. The van der Waals surface area contributed by atoms with Gasteiger partial charge < -0.3 is 15.5 Å². The fraction of sp³-hybridized carbons (Fsp3) is 0.167. The predicted molar refractivity (Wildman–Crippen MR) is 93.5 cm³/mol. The zero-order chi connectivity index (χ0) is 21.1. The van der Waals surface area contributed by atoms with Gasteiger partial charge in [-0.25, -0.2) is 4.79 Å². The molecule has 2 aromatic carbocycles. The molecule has 148 valence electrons. The molecule has 7 nitrogen and oxygen atoms in total. The third kappa shape index (κ3) is 5.22. The highest BCUT2D eigenvalue weighted by atomic mass is 19.4. The van der Waals surface area contributed by atoms with Gasteiger partial charge in [-0.1, -0.05) is 12.1 Å². The number of hydrogen-bond acceptors (Lipinski definition) is 4. The van der Waals surface area contributed by atoms with E-state index in [0.29, 0.717) is 6.07 Å². The Hall–Kier alpha value is -3.56. The van der Waals surface area contributed by atoms with Crippen LogP contribution in [0.1, 0.15) is 27.9 Å². The van der Waals surface area contributed by atoms with E-state index in [1.54, 1.807) is 0 Å². The number of halogens is 3. The number of carboxylic acid groups (broad SMARTS) is 1. The molecule has 0 aliphatic carbocycles. The Balaban J connectivity index is 2.28. The average Bonchev–Trinajstić information content (AvgIpc) is 2.55. The molecule has 0 heterocycles. The van der Waals surface area contributed by atoms with E-state index in [-0.39, 0.29) is 22.6 Å². The number of alkyl halides is 3. The third-order valence-electron chi connectivity index (χ3n) is 3.67. The van der Waals surface area contributed by atoms with Crippen LogP contribution in [0.5, 0.6) is 5.75 Å². The normalized spacial score (nSPS) is 11.0. The van der Waals surface area contributed by atoms with E-state index in [4.69, 9.17) is 5.11 Å². The van der Waals surface area contributed by atoms with Crippen molar-refractivity contribution in [3.05, 3.63) is 53.1 Å². The maximum Gasteiger partial charge on any atom is 0.416 e. The Morgan fingerprint density at radius 3 is 2.25 bits per heavy atom. The Labute approximate surface area is 156 Å². The summed E-state index contributed by atoms with van der Waals surface area (Å²) in [5.74, 6) is -1.81. The zero-order valence-electron chi connectivity index (χ0n) is 14.4. The molecule has 0 atom stereocenters. The number of carbonyl (C=O) groups excluding carboxylic acids is 2. The van der Waals surface area contributed by atoms with Gasteiger partial charge in [-0.2, -0.15) is 13.2 Å². The largest absolute Gasteiger partial charge is 0.508 e. The molecule has 4 N–H and O–H groups in total. The Morgan fingerprint density at radius 1 is 1.04 bits per heavy atom. The lowest BCUT2D eigenvalue weighted by atomic mass is 10.0. The first-order valence-electron chi connectivity index (χ1n) is 7.81. The molecule has 10 heteroatoms. The second-order valence-corrected chi connectivity index (χ2v) is 5.84. The molecule has 28 heavy (non-hydrogen) atoms. The van der Waals surface area contributed by atoms with Gasteiger partial charge >= 0.3 is 12.3 Å². The van der Waals surface area contributed by atoms with E-state index < -0.39 is 41.6 Å². The van der Waals surface area contributed by atoms with Gasteiger partial charge in [0.2, 0.25) is 5.91 Å². The SMILES string of the molecule is Cc1cc(NC(=O)O)c(NC(=O)CC(=O)c2cccc(O)c2)cc1C(F)(F)F. The van der Waals surface area contributed by atoms with Crippen LogP contribution < -0.4 is 10.6 Å². The minimum atomic E-state index is -4.72. The number of amides is 2. The summed E-state index contributed by atoms with van der Waals surface area (Å²) in [6.07, 6.45) is -6.97. The summed E-state index contributed by atoms with van der Waals surface area (Å²) in [5, 5.41) is 22.2. The summed E-state index contributed by atoms with van der Waals surface area (Å²) in [6, 6.07) is 6.75. The molecule has 0 aliphatic rings. The van der Waals surface area contributed by atoms with Crippen LogP contribution in [0.25, 0.3) is 0 Å². The number of aryl methyl sites for hydroxylation is 1. The Kier molecular flexibility index (Phi) is 5.92. The molecule has 0 saturated heterocycles. The summed E-state index contributed by atoms with van der Waals surface area (Å²) in [6.45, 7) is 1.15. The number of carbonyl (C=O) groups is 3. The van der Waals surface area contributed by atoms with Crippen LogP contribution in [-0.2, 0) is 11.0 Å². The number of benzene rings is 2. The highest BCUT2D eigenvalue weighted by Crippen LogP contribution is 2.37. The number of phenolic OH excluding ortho intramolecular Hbond substituents is 1. The number of ketones is 1. The maximum absolute atomic E-state index is 13.1. The number of anilines is 2. The second-order valence-electron chi connectivity index (χ2n) is 5.84. The van der Waals surface area contributed by atoms with Crippen LogP contribution in [0.3, 0.4) is 0 Å². The van der Waals surface area contributed by atoms with E-state index in [9.17, 15) is 32.7 Å². The number of rotatable bonds is 5. The van der Waals surface area contributed by atoms with E-state index in [1.807, 2.05) is 5.32 Å². The molecule has 0 unspecified atom stereocenters. The quantitative estimate of drug-likeness (QED) is 0.450. The molecule has 0 radical (unpaired) electrons. The van der Waals surface area contributed by atoms with Gasteiger partial charge in [0, 0.05) is 5.56 Å². The van der Waals surface area contributed by atoms with Gasteiger partial charge in [0.25, 0.3) is 0 Å². The lowest BCUT2D eigenvalue weighted by molar-refractivity contribution is -0.138. The minimum Gasteiger partial charge on any atom is -0.508 e. The maximum atomic E-state index is 13.1. The molecule has 0 saturated carbocycles. The third-order valence-corrected chi connectivity index (χ3v) is 3.67. The monoisotopic (exact) mass is 396 g/mol. The number of phenols is 1. The first-order chi connectivity index (χ1) is 13.0. The number of nitrogens with one attached hydrogen (secondary N) is 2. The van der Waals surface area contributed by atoms with Crippen molar-refractivity contribution in [1.29, 1.82) is 0 Å². The van der Waals surface area contributed by atoms with Crippen molar-refractivity contribution in [2.75, 3.05) is 10.6 Å². The molecular weight excluding hydrogens is 381 g/mol. The van der Waals surface area contributed by atoms with E-state index in [0.717, 1.165) is 19.1 Å².